The monoisotopic (exact) mass is 736 g/mol. The number of esters is 2. The molecule has 0 amide bonds. The molecule has 49 heavy (non-hydrogen) atoms. The molecule has 2 rings (SSSR count). The predicted molar refractivity (Wildman–Crippen MR) is 139 cm³/mol. The highest BCUT2D eigenvalue weighted by atomic mass is 19.4. The van der Waals surface area contributed by atoms with E-state index in [-0.39, 0.29) is 30.2 Å². The van der Waals surface area contributed by atoms with Gasteiger partial charge in [-0.1, -0.05) is 12.1 Å². The van der Waals surface area contributed by atoms with E-state index in [9.17, 15) is 76.8 Å². The van der Waals surface area contributed by atoms with Crippen LogP contribution in [0.3, 0.4) is 0 Å². The van der Waals surface area contributed by atoms with Gasteiger partial charge in [-0.25, -0.2) is 4.79 Å². The summed E-state index contributed by atoms with van der Waals surface area (Å²) >= 11 is 0. The van der Waals surface area contributed by atoms with Gasteiger partial charge in [-0.15, -0.1) is 0 Å². The summed E-state index contributed by atoms with van der Waals surface area (Å²) in [6.45, 7) is 0.725. The molecule has 2 unspecified atom stereocenters. The molecule has 0 saturated heterocycles. The van der Waals surface area contributed by atoms with Crippen molar-refractivity contribution in [2.24, 2.45) is 10.9 Å². The number of carbonyl (C=O) groups excluding carboxylic acids is 2. The summed E-state index contributed by atoms with van der Waals surface area (Å²) in [7, 11) is 1.28. The summed E-state index contributed by atoms with van der Waals surface area (Å²) in [4.78, 5) is 40.8. The summed E-state index contributed by atoms with van der Waals surface area (Å²) < 4.78 is 189. The molecule has 276 valence electrons. The Morgan fingerprint density at radius 1 is 0.837 bits per heavy atom. The van der Waals surface area contributed by atoms with Gasteiger partial charge in [0, 0.05) is 43.0 Å². The van der Waals surface area contributed by atoms with E-state index in [4.69, 9.17) is 14.2 Å². The lowest BCUT2D eigenvalue weighted by atomic mass is 9.75. The number of non-ortho nitro benzene ring substituents is 1. The fourth-order valence-corrected chi connectivity index (χ4v) is 4.61. The van der Waals surface area contributed by atoms with E-state index in [1.54, 1.807) is 0 Å². The van der Waals surface area contributed by atoms with Crippen LogP contribution in [0.4, 0.5) is 62.8 Å². The largest absolute Gasteiger partial charge is 0.463 e. The second kappa shape index (κ2) is 14.5. The topological polar surface area (TPSA) is 117 Å². The summed E-state index contributed by atoms with van der Waals surface area (Å²) in [5.41, 5.74) is -1.33. The maximum Gasteiger partial charge on any atom is 0.460 e. The van der Waals surface area contributed by atoms with Crippen molar-refractivity contribution in [1.82, 2.24) is 0 Å². The van der Waals surface area contributed by atoms with E-state index in [2.05, 4.69) is 4.99 Å². The van der Waals surface area contributed by atoms with Crippen LogP contribution < -0.4 is 0 Å². The van der Waals surface area contributed by atoms with Gasteiger partial charge in [0.2, 0.25) is 0 Å². The molecule has 0 radical (unpaired) electrons. The van der Waals surface area contributed by atoms with Crippen molar-refractivity contribution in [1.29, 1.82) is 0 Å². The van der Waals surface area contributed by atoms with Crippen molar-refractivity contribution in [3.05, 3.63) is 51.2 Å². The van der Waals surface area contributed by atoms with Crippen molar-refractivity contribution in [2.75, 3.05) is 26.9 Å². The minimum atomic E-state index is -8.05. The Balaban J connectivity index is 2.37. The van der Waals surface area contributed by atoms with Crippen LogP contribution in [-0.4, -0.2) is 85.3 Å². The third-order valence-corrected chi connectivity index (χ3v) is 7.14. The molecular formula is C27H25F13N2O7. The summed E-state index contributed by atoms with van der Waals surface area (Å²) in [5.74, 6) is -43.3. The molecule has 0 N–H and O–H groups in total. The maximum absolute atomic E-state index is 14.2. The normalized spacial score (nSPS) is 18.2. The SMILES string of the molecule is COCCOC(=O)C1C(C)=NC(C)=C(C(=O)OCCCC(F)(F)C(F)(F)C(F)(F)C(F)(F)C(F)(F)C(F)(F)F)C1c1cccc([N+](=O)[O-])c1. The fourth-order valence-electron chi connectivity index (χ4n) is 4.61. The molecule has 9 nitrogen and oxygen atoms in total. The van der Waals surface area contributed by atoms with Crippen LogP contribution in [0.2, 0.25) is 0 Å². The average molecular weight is 736 g/mol. The minimum absolute atomic E-state index is 0.0173. The molecule has 0 fully saturated rings. The van der Waals surface area contributed by atoms with E-state index in [0.29, 0.717) is 0 Å². The number of ether oxygens (including phenoxy) is 3. The zero-order valence-corrected chi connectivity index (χ0v) is 25.2. The highest BCUT2D eigenvalue weighted by Gasteiger charge is 2.90. The van der Waals surface area contributed by atoms with Gasteiger partial charge in [-0.2, -0.15) is 57.1 Å². The number of aliphatic imine (C=N–C) groups is 1. The molecular weight excluding hydrogens is 711 g/mol. The van der Waals surface area contributed by atoms with E-state index in [0.717, 1.165) is 12.1 Å². The highest BCUT2D eigenvalue weighted by Crippen LogP contribution is 2.60. The van der Waals surface area contributed by atoms with Crippen LogP contribution in [0.5, 0.6) is 0 Å². The molecule has 1 aromatic carbocycles. The predicted octanol–water partition coefficient (Wildman–Crippen LogP) is 7.29. The van der Waals surface area contributed by atoms with Crippen molar-refractivity contribution in [3.63, 3.8) is 0 Å². The van der Waals surface area contributed by atoms with Crippen molar-refractivity contribution in [3.8, 4) is 0 Å². The van der Waals surface area contributed by atoms with Gasteiger partial charge >= 0.3 is 47.7 Å². The van der Waals surface area contributed by atoms with Crippen LogP contribution in [0.25, 0.3) is 0 Å². The van der Waals surface area contributed by atoms with Crippen molar-refractivity contribution >= 4 is 23.3 Å². The van der Waals surface area contributed by atoms with Gasteiger partial charge < -0.3 is 14.2 Å². The van der Waals surface area contributed by atoms with Crippen LogP contribution in [0.15, 0.2) is 40.5 Å². The van der Waals surface area contributed by atoms with E-state index >= 15 is 0 Å². The average Bonchev–Trinajstić information content (AvgIpc) is 2.97. The van der Waals surface area contributed by atoms with Gasteiger partial charge in [0.25, 0.3) is 5.69 Å². The van der Waals surface area contributed by atoms with Crippen LogP contribution in [0, 0.1) is 16.0 Å². The number of nitrogens with zero attached hydrogens (tertiary/aromatic N) is 2. The number of hydrogen-bond acceptors (Lipinski definition) is 8. The van der Waals surface area contributed by atoms with Crippen LogP contribution in [-0.2, 0) is 23.8 Å². The Labute approximate surface area is 267 Å². The number of halogens is 13. The Morgan fingerprint density at radius 3 is 1.94 bits per heavy atom. The fraction of sp³-hybridized carbons (Fsp3) is 0.593. The number of rotatable bonds is 15. The minimum Gasteiger partial charge on any atom is -0.463 e. The smallest absolute Gasteiger partial charge is 0.460 e. The third-order valence-electron chi connectivity index (χ3n) is 7.14. The summed E-state index contributed by atoms with van der Waals surface area (Å²) in [6, 6.07) is 4.42. The lowest BCUT2D eigenvalue weighted by Gasteiger charge is -2.39. The molecule has 1 aliphatic heterocycles. The van der Waals surface area contributed by atoms with E-state index in [1.807, 2.05) is 0 Å². The summed E-state index contributed by atoms with van der Waals surface area (Å²) in [6.07, 6.45) is -11.7. The van der Waals surface area contributed by atoms with Gasteiger partial charge in [0.1, 0.15) is 12.5 Å². The number of benzene rings is 1. The van der Waals surface area contributed by atoms with Gasteiger partial charge in [0.05, 0.1) is 23.7 Å². The van der Waals surface area contributed by atoms with Crippen molar-refractivity contribution in [2.45, 2.75) is 68.4 Å². The first-order valence-electron chi connectivity index (χ1n) is 13.5. The molecule has 0 aliphatic carbocycles. The Hall–Kier alpha value is -3.98. The molecule has 0 bridgehead atoms. The van der Waals surface area contributed by atoms with Gasteiger partial charge in [-0.3, -0.25) is 19.9 Å². The number of hydrogen-bond donors (Lipinski definition) is 0. The molecule has 0 aromatic heterocycles. The number of alkyl halides is 13. The van der Waals surface area contributed by atoms with Crippen LogP contribution >= 0.6 is 0 Å². The molecule has 0 spiro atoms. The molecule has 0 saturated carbocycles. The lowest BCUT2D eigenvalue weighted by molar-refractivity contribution is -0.440. The molecule has 2 atom stereocenters. The molecule has 1 aliphatic rings. The first-order valence-corrected chi connectivity index (χ1v) is 13.5. The van der Waals surface area contributed by atoms with Crippen molar-refractivity contribution < 1.29 is 85.8 Å². The van der Waals surface area contributed by atoms with E-state index < -0.39 is 95.2 Å². The second-order valence-electron chi connectivity index (χ2n) is 10.5. The number of carbonyl (C=O) groups is 2. The summed E-state index contributed by atoms with van der Waals surface area (Å²) in [5, 5.41) is 11.4. The Bertz CT molecular complexity index is 1480. The number of nitro benzene ring substituents is 1. The number of allylic oxidation sites excluding steroid dienone is 1. The molecule has 1 heterocycles. The lowest BCUT2D eigenvalue weighted by Crippen LogP contribution is -2.70. The first-order chi connectivity index (χ1) is 22.2. The van der Waals surface area contributed by atoms with E-state index in [1.165, 1.54) is 33.1 Å². The first kappa shape index (κ1) is 41.2. The second-order valence-corrected chi connectivity index (χ2v) is 10.5. The number of nitro groups is 1. The van der Waals surface area contributed by atoms with Gasteiger partial charge in [0.15, 0.2) is 0 Å². The molecule has 22 heteroatoms. The van der Waals surface area contributed by atoms with Crippen LogP contribution in [0.1, 0.15) is 38.2 Å². The third kappa shape index (κ3) is 7.77. The quantitative estimate of drug-likeness (QED) is 0.0610. The Kier molecular flexibility index (Phi) is 12.2. The zero-order chi connectivity index (χ0) is 38.0. The maximum atomic E-state index is 14.2. The highest BCUT2D eigenvalue weighted by molar-refractivity contribution is 6.07. The zero-order valence-electron chi connectivity index (χ0n) is 25.2. The Morgan fingerprint density at radius 2 is 1.41 bits per heavy atom. The standard InChI is InChI=1S/C27H25F13N2O7/c1-13-17(19(15-6-4-7-16(12-15)42(45)46)18(14(2)41-13)21(44)49-11-10-47-3)20(43)48-9-5-8-22(28,29)23(30,31)24(32,33)25(34,35)26(36,37)27(38,39)40/h4,6-7,12,18-19H,5,8-11H2,1-3H3. The van der Waals surface area contributed by atoms with Gasteiger partial charge in [-0.05, 0) is 25.8 Å². The number of methoxy groups -OCH3 is 1. The molecule has 1 aromatic rings.